The van der Waals surface area contributed by atoms with Gasteiger partial charge in [0.15, 0.2) is 0 Å². The highest BCUT2D eigenvalue weighted by Crippen LogP contribution is 2.30. The van der Waals surface area contributed by atoms with Crippen LogP contribution < -0.4 is 10.9 Å². The van der Waals surface area contributed by atoms with Crippen LogP contribution in [0, 0.1) is 5.82 Å². The molecule has 1 atom stereocenters. The Balaban J connectivity index is 1.86. The lowest BCUT2D eigenvalue weighted by Gasteiger charge is -2.16. The van der Waals surface area contributed by atoms with Gasteiger partial charge in [0, 0.05) is 11.4 Å². The van der Waals surface area contributed by atoms with Gasteiger partial charge in [-0.25, -0.2) is 9.37 Å². The Morgan fingerprint density at radius 3 is 2.91 bits per heavy atom. The lowest BCUT2D eigenvalue weighted by molar-refractivity contribution is 0.599. The molecule has 0 aliphatic carbocycles. The number of nitrogens with zero attached hydrogens (tertiary/aromatic N) is 2. The predicted octanol–water partition coefficient (Wildman–Crippen LogP) is 2.85. The Morgan fingerprint density at radius 2 is 2.13 bits per heavy atom. The van der Waals surface area contributed by atoms with E-state index in [1.165, 1.54) is 17.0 Å². The molecular formula is C17H16FN3OS. The van der Waals surface area contributed by atoms with Crippen LogP contribution in [0.4, 0.5) is 4.39 Å². The van der Waals surface area contributed by atoms with E-state index in [2.05, 4.69) is 10.3 Å². The minimum Gasteiger partial charge on any atom is -0.312 e. The SMILES string of the molecule is C[C@@H](c1ccc(F)cc1)n1cnc2sc3c(c2c1=O)CCNC3. The molecule has 3 aromatic rings. The molecule has 0 fully saturated rings. The smallest absolute Gasteiger partial charge is 0.262 e. The zero-order chi connectivity index (χ0) is 16.0. The fourth-order valence-electron chi connectivity index (χ4n) is 3.11. The second-order valence-corrected chi connectivity index (χ2v) is 6.88. The molecule has 0 saturated heterocycles. The zero-order valence-corrected chi connectivity index (χ0v) is 13.5. The normalized spacial score (nSPS) is 15.6. The molecule has 0 amide bonds. The minimum atomic E-state index is -0.277. The van der Waals surface area contributed by atoms with E-state index in [4.69, 9.17) is 0 Å². The van der Waals surface area contributed by atoms with E-state index in [1.807, 2.05) is 6.92 Å². The van der Waals surface area contributed by atoms with Gasteiger partial charge in [-0.2, -0.15) is 0 Å². The summed E-state index contributed by atoms with van der Waals surface area (Å²) in [4.78, 5) is 19.5. The summed E-state index contributed by atoms with van der Waals surface area (Å²) >= 11 is 1.60. The van der Waals surface area contributed by atoms with Gasteiger partial charge in [-0.05, 0) is 43.1 Å². The maximum absolute atomic E-state index is 13.1. The maximum atomic E-state index is 13.1. The van der Waals surface area contributed by atoms with E-state index >= 15 is 0 Å². The second-order valence-electron chi connectivity index (χ2n) is 5.80. The van der Waals surface area contributed by atoms with Gasteiger partial charge in [0.1, 0.15) is 10.6 Å². The van der Waals surface area contributed by atoms with Crippen LogP contribution in [-0.2, 0) is 13.0 Å². The van der Waals surface area contributed by atoms with Crippen LogP contribution in [0.1, 0.15) is 29.0 Å². The zero-order valence-electron chi connectivity index (χ0n) is 12.7. The van der Waals surface area contributed by atoms with Crippen LogP contribution in [0.25, 0.3) is 10.2 Å². The molecule has 23 heavy (non-hydrogen) atoms. The van der Waals surface area contributed by atoms with Gasteiger partial charge in [-0.1, -0.05) is 12.1 Å². The first-order chi connectivity index (χ1) is 11.1. The number of rotatable bonds is 2. The van der Waals surface area contributed by atoms with E-state index in [-0.39, 0.29) is 17.4 Å². The number of aromatic nitrogens is 2. The fourth-order valence-corrected chi connectivity index (χ4v) is 4.25. The van der Waals surface area contributed by atoms with Crippen molar-refractivity contribution in [1.82, 2.24) is 14.9 Å². The van der Waals surface area contributed by atoms with Crippen molar-refractivity contribution in [2.45, 2.75) is 25.9 Å². The monoisotopic (exact) mass is 329 g/mol. The van der Waals surface area contributed by atoms with Crippen LogP contribution in [0.3, 0.4) is 0 Å². The third-order valence-corrected chi connectivity index (χ3v) is 5.57. The Kier molecular flexibility index (Phi) is 3.50. The fraction of sp³-hybridized carbons (Fsp3) is 0.294. The molecule has 0 unspecified atom stereocenters. The van der Waals surface area contributed by atoms with Crippen molar-refractivity contribution in [1.29, 1.82) is 0 Å². The van der Waals surface area contributed by atoms with Crippen molar-refractivity contribution in [2.75, 3.05) is 6.54 Å². The van der Waals surface area contributed by atoms with Crippen molar-refractivity contribution in [3.05, 3.63) is 62.8 Å². The topological polar surface area (TPSA) is 46.9 Å². The Hall–Kier alpha value is -2.05. The molecule has 1 aromatic carbocycles. The average Bonchev–Trinajstić information content (AvgIpc) is 2.94. The van der Waals surface area contributed by atoms with Gasteiger partial charge in [0.2, 0.25) is 0 Å². The van der Waals surface area contributed by atoms with Crippen molar-refractivity contribution >= 4 is 21.6 Å². The van der Waals surface area contributed by atoms with Crippen molar-refractivity contribution in [2.24, 2.45) is 0 Å². The molecule has 0 saturated carbocycles. The summed E-state index contributed by atoms with van der Waals surface area (Å²) < 4.78 is 14.7. The van der Waals surface area contributed by atoms with E-state index in [0.29, 0.717) is 0 Å². The molecule has 1 N–H and O–H groups in total. The molecule has 4 nitrogen and oxygen atoms in total. The van der Waals surface area contributed by atoms with Gasteiger partial charge in [0.25, 0.3) is 5.56 Å². The van der Waals surface area contributed by atoms with Crippen LogP contribution in [-0.4, -0.2) is 16.1 Å². The number of hydrogen-bond acceptors (Lipinski definition) is 4. The lowest BCUT2D eigenvalue weighted by Crippen LogP contribution is -2.26. The second kappa shape index (κ2) is 5.54. The van der Waals surface area contributed by atoms with E-state index < -0.39 is 0 Å². The predicted molar refractivity (Wildman–Crippen MR) is 89.5 cm³/mol. The van der Waals surface area contributed by atoms with Crippen LogP contribution >= 0.6 is 11.3 Å². The maximum Gasteiger partial charge on any atom is 0.262 e. The summed E-state index contributed by atoms with van der Waals surface area (Å²) in [5.74, 6) is -0.277. The summed E-state index contributed by atoms with van der Waals surface area (Å²) in [6.45, 7) is 3.63. The molecule has 6 heteroatoms. The quantitative estimate of drug-likeness (QED) is 0.786. The first-order valence-corrected chi connectivity index (χ1v) is 8.44. The van der Waals surface area contributed by atoms with Crippen LogP contribution in [0.15, 0.2) is 35.4 Å². The molecule has 1 aliphatic heterocycles. The minimum absolute atomic E-state index is 0.00812. The van der Waals surface area contributed by atoms with Gasteiger partial charge in [-0.3, -0.25) is 9.36 Å². The number of nitrogens with one attached hydrogen (secondary N) is 1. The molecule has 1 aliphatic rings. The molecular weight excluding hydrogens is 313 g/mol. The Labute approximate surface area is 136 Å². The van der Waals surface area contributed by atoms with Gasteiger partial charge in [0.05, 0.1) is 17.8 Å². The van der Waals surface area contributed by atoms with Crippen LogP contribution in [0.2, 0.25) is 0 Å². The highest BCUT2D eigenvalue weighted by molar-refractivity contribution is 7.18. The van der Waals surface area contributed by atoms with E-state index in [0.717, 1.165) is 40.9 Å². The van der Waals surface area contributed by atoms with E-state index in [1.54, 1.807) is 34.4 Å². The lowest BCUT2D eigenvalue weighted by atomic mass is 10.1. The molecule has 0 radical (unpaired) electrons. The molecule has 118 valence electrons. The summed E-state index contributed by atoms with van der Waals surface area (Å²) in [7, 11) is 0. The van der Waals surface area contributed by atoms with Gasteiger partial charge in [-0.15, -0.1) is 11.3 Å². The van der Waals surface area contributed by atoms with Gasteiger partial charge < -0.3 is 5.32 Å². The number of hydrogen-bond donors (Lipinski definition) is 1. The first-order valence-electron chi connectivity index (χ1n) is 7.62. The number of fused-ring (bicyclic) bond motifs is 3. The standard InChI is InChI=1S/C17H16FN3OS/c1-10(11-2-4-12(18)5-3-11)21-9-20-16-15(17(21)22)13-6-7-19-8-14(13)23-16/h2-5,9-10,19H,6-8H2,1H3/t10-/m0/s1. The first kappa shape index (κ1) is 14.5. The Morgan fingerprint density at radius 1 is 1.35 bits per heavy atom. The number of halogens is 1. The molecule has 2 aromatic heterocycles. The summed E-state index contributed by atoms with van der Waals surface area (Å²) in [5, 5.41) is 4.08. The number of thiophene rings is 1. The summed E-state index contributed by atoms with van der Waals surface area (Å²) in [6.07, 6.45) is 2.47. The van der Waals surface area contributed by atoms with Gasteiger partial charge >= 0.3 is 0 Å². The highest BCUT2D eigenvalue weighted by Gasteiger charge is 2.21. The highest BCUT2D eigenvalue weighted by atomic mass is 32.1. The van der Waals surface area contributed by atoms with Crippen molar-refractivity contribution in [3.63, 3.8) is 0 Å². The molecule has 4 rings (SSSR count). The van der Waals surface area contributed by atoms with Crippen molar-refractivity contribution < 1.29 is 4.39 Å². The molecule has 0 bridgehead atoms. The van der Waals surface area contributed by atoms with Crippen LogP contribution in [0.5, 0.6) is 0 Å². The number of benzene rings is 1. The van der Waals surface area contributed by atoms with E-state index in [9.17, 15) is 9.18 Å². The summed E-state index contributed by atoms with van der Waals surface area (Å²) in [6, 6.07) is 6.08. The summed E-state index contributed by atoms with van der Waals surface area (Å²) in [5.41, 5.74) is 2.02. The molecule has 0 spiro atoms. The molecule has 3 heterocycles. The average molecular weight is 329 g/mol. The Bertz CT molecular complexity index is 929. The van der Waals surface area contributed by atoms with Crippen molar-refractivity contribution in [3.8, 4) is 0 Å². The largest absolute Gasteiger partial charge is 0.312 e. The third-order valence-electron chi connectivity index (χ3n) is 4.43. The third kappa shape index (κ3) is 2.38.